The number of hydrogen-bond donors (Lipinski definition) is 2. The Balaban J connectivity index is 3.06. The molecule has 3 nitrogen and oxygen atoms in total. The lowest BCUT2D eigenvalue weighted by Crippen LogP contribution is -2.25. The van der Waals surface area contributed by atoms with Crippen LogP contribution in [-0.4, -0.2) is 19.0 Å². The summed E-state index contributed by atoms with van der Waals surface area (Å²) >= 11 is 0. The molecule has 0 saturated heterocycles. The first-order valence-corrected chi connectivity index (χ1v) is 11.8. The number of carbonyl (C=O) groups is 1. The Hall–Kier alpha value is -0.570. The lowest BCUT2D eigenvalue weighted by atomic mass is 10.0. The van der Waals surface area contributed by atoms with Crippen LogP contribution < -0.4 is 11.1 Å². The van der Waals surface area contributed by atoms with Crippen molar-refractivity contribution in [1.82, 2.24) is 5.32 Å². The van der Waals surface area contributed by atoms with Gasteiger partial charge in [-0.1, -0.05) is 110 Å². The summed E-state index contributed by atoms with van der Waals surface area (Å²) in [6.45, 7) is 3.67. The van der Waals surface area contributed by atoms with Gasteiger partial charge in [-0.05, 0) is 19.4 Å². The Morgan fingerprint density at radius 2 is 1.00 bits per heavy atom. The van der Waals surface area contributed by atoms with Crippen LogP contribution in [0.1, 0.15) is 129 Å². The third-order valence-corrected chi connectivity index (χ3v) is 5.21. The molecule has 3 N–H and O–H groups in total. The van der Waals surface area contributed by atoms with Crippen molar-refractivity contribution in [2.45, 2.75) is 129 Å². The van der Waals surface area contributed by atoms with Gasteiger partial charge in [-0.25, -0.2) is 0 Å². The molecule has 0 heterocycles. The van der Waals surface area contributed by atoms with Crippen LogP contribution in [0.25, 0.3) is 0 Å². The van der Waals surface area contributed by atoms with Gasteiger partial charge in [0.05, 0.1) is 0 Å². The number of amides is 1. The van der Waals surface area contributed by atoms with Crippen LogP contribution in [0.2, 0.25) is 0 Å². The molecular formula is C23H48N2O. The molecule has 0 aliphatic heterocycles. The van der Waals surface area contributed by atoms with Gasteiger partial charge in [0, 0.05) is 13.0 Å². The van der Waals surface area contributed by atoms with Crippen LogP contribution in [0.5, 0.6) is 0 Å². The molecule has 0 aromatic heterocycles. The fraction of sp³-hybridized carbons (Fsp3) is 0.957. The minimum absolute atomic E-state index is 0.194. The van der Waals surface area contributed by atoms with E-state index in [4.69, 9.17) is 5.73 Å². The van der Waals surface area contributed by atoms with E-state index in [0.717, 1.165) is 19.4 Å². The molecule has 3 heteroatoms. The largest absolute Gasteiger partial charge is 0.356 e. The summed E-state index contributed by atoms with van der Waals surface area (Å²) in [4.78, 5) is 11.5. The van der Waals surface area contributed by atoms with Crippen molar-refractivity contribution in [2.75, 3.05) is 13.1 Å². The predicted octanol–water partition coefficient (Wildman–Crippen LogP) is 6.49. The van der Waals surface area contributed by atoms with E-state index in [1.165, 1.54) is 103 Å². The van der Waals surface area contributed by atoms with Gasteiger partial charge < -0.3 is 11.1 Å². The lowest BCUT2D eigenvalue weighted by Gasteiger charge is -2.05. The number of unbranched alkanes of at least 4 members (excludes halogenated alkanes) is 16. The quantitative estimate of drug-likeness (QED) is 0.227. The normalized spacial score (nSPS) is 11.0. The van der Waals surface area contributed by atoms with Gasteiger partial charge >= 0.3 is 0 Å². The van der Waals surface area contributed by atoms with E-state index in [0.29, 0.717) is 13.0 Å². The Labute approximate surface area is 164 Å². The van der Waals surface area contributed by atoms with Crippen molar-refractivity contribution >= 4 is 5.91 Å². The minimum atomic E-state index is 0.194. The second-order valence-corrected chi connectivity index (χ2v) is 7.90. The summed E-state index contributed by atoms with van der Waals surface area (Å²) in [6, 6.07) is 0. The van der Waals surface area contributed by atoms with E-state index in [1.807, 2.05) is 0 Å². The number of rotatable bonds is 21. The summed E-state index contributed by atoms with van der Waals surface area (Å²) < 4.78 is 0. The first-order chi connectivity index (χ1) is 12.8. The van der Waals surface area contributed by atoms with Crippen molar-refractivity contribution in [3.63, 3.8) is 0 Å². The van der Waals surface area contributed by atoms with Gasteiger partial charge in [-0.2, -0.15) is 0 Å². The van der Waals surface area contributed by atoms with Gasteiger partial charge in [0.25, 0.3) is 0 Å². The number of nitrogens with one attached hydrogen (secondary N) is 1. The van der Waals surface area contributed by atoms with Crippen LogP contribution in [-0.2, 0) is 4.79 Å². The highest BCUT2D eigenvalue weighted by atomic mass is 16.1. The average molecular weight is 369 g/mol. The van der Waals surface area contributed by atoms with Gasteiger partial charge in [0.1, 0.15) is 0 Å². The van der Waals surface area contributed by atoms with Crippen LogP contribution >= 0.6 is 0 Å². The summed E-state index contributed by atoms with van der Waals surface area (Å²) in [7, 11) is 0. The Bertz CT molecular complexity index is 281. The van der Waals surface area contributed by atoms with Crippen molar-refractivity contribution < 1.29 is 4.79 Å². The van der Waals surface area contributed by atoms with E-state index in [1.54, 1.807) is 0 Å². The van der Waals surface area contributed by atoms with Crippen molar-refractivity contribution in [1.29, 1.82) is 0 Å². The maximum absolute atomic E-state index is 11.5. The molecule has 0 fully saturated rings. The van der Waals surface area contributed by atoms with E-state index >= 15 is 0 Å². The molecule has 0 aliphatic carbocycles. The second kappa shape index (κ2) is 22.5. The molecular weight excluding hydrogens is 320 g/mol. The zero-order valence-corrected chi connectivity index (χ0v) is 17.8. The zero-order chi connectivity index (χ0) is 19.1. The highest BCUT2D eigenvalue weighted by molar-refractivity contribution is 5.75. The molecule has 0 aromatic rings. The van der Waals surface area contributed by atoms with Crippen LogP contribution in [0.4, 0.5) is 0 Å². The second-order valence-electron chi connectivity index (χ2n) is 7.90. The topological polar surface area (TPSA) is 55.1 Å². The SMILES string of the molecule is CCCCCCCCCCCCCCCCCCCC(=O)NCCCN. The van der Waals surface area contributed by atoms with Gasteiger partial charge in [0.2, 0.25) is 5.91 Å². The molecule has 0 rings (SSSR count). The number of carbonyl (C=O) groups excluding carboxylic acids is 1. The van der Waals surface area contributed by atoms with Crippen molar-refractivity contribution in [2.24, 2.45) is 5.73 Å². The van der Waals surface area contributed by atoms with Crippen LogP contribution in [0.3, 0.4) is 0 Å². The summed E-state index contributed by atoms with van der Waals surface area (Å²) in [5.74, 6) is 0.194. The predicted molar refractivity (Wildman–Crippen MR) is 115 cm³/mol. The molecule has 0 spiro atoms. The molecule has 0 bridgehead atoms. The fourth-order valence-electron chi connectivity index (χ4n) is 3.43. The monoisotopic (exact) mass is 368 g/mol. The first kappa shape index (κ1) is 25.4. The maximum Gasteiger partial charge on any atom is 0.219 e. The third kappa shape index (κ3) is 21.5. The molecule has 0 unspecified atom stereocenters. The molecule has 156 valence electrons. The summed E-state index contributed by atoms with van der Waals surface area (Å²) in [5, 5.41) is 2.92. The molecule has 0 atom stereocenters. The highest BCUT2D eigenvalue weighted by Crippen LogP contribution is 2.14. The molecule has 26 heavy (non-hydrogen) atoms. The Kier molecular flexibility index (Phi) is 22.0. The van der Waals surface area contributed by atoms with Gasteiger partial charge in [-0.15, -0.1) is 0 Å². The first-order valence-electron chi connectivity index (χ1n) is 11.8. The van der Waals surface area contributed by atoms with Gasteiger partial charge in [-0.3, -0.25) is 4.79 Å². The molecule has 1 amide bonds. The van der Waals surface area contributed by atoms with E-state index in [-0.39, 0.29) is 5.91 Å². The van der Waals surface area contributed by atoms with E-state index in [9.17, 15) is 4.79 Å². The summed E-state index contributed by atoms with van der Waals surface area (Å²) in [5.41, 5.74) is 5.41. The number of nitrogens with two attached hydrogens (primary N) is 1. The molecule has 0 aromatic carbocycles. The van der Waals surface area contributed by atoms with Crippen molar-refractivity contribution in [3.8, 4) is 0 Å². The highest BCUT2D eigenvalue weighted by Gasteiger charge is 2.00. The lowest BCUT2D eigenvalue weighted by molar-refractivity contribution is -0.121. The van der Waals surface area contributed by atoms with E-state index in [2.05, 4.69) is 12.2 Å². The fourth-order valence-corrected chi connectivity index (χ4v) is 3.43. The van der Waals surface area contributed by atoms with Gasteiger partial charge in [0.15, 0.2) is 0 Å². The molecule has 0 radical (unpaired) electrons. The summed E-state index contributed by atoms with van der Waals surface area (Å²) in [6.07, 6.45) is 25.0. The standard InChI is InChI=1S/C23H48N2O/c1-2-3-4-5-6-7-8-9-10-11-12-13-14-15-16-17-18-20-23(26)25-22-19-21-24/h2-22,24H2,1H3,(H,25,26). The Morgan fingerprint density at radius 1 is 0.615 bits per heavy atom. The van der Waals surface area contributed by atoms with E-state index < -0.39 is 0 Å². The van der Waals surface area contributed by atoms with Crippen LogP contribution in [0, 0.1) is 0 Å². The van der Waals surface area contributed by atoms with Crippen LogP contribution in [0.15, 0.2) is 0 Å². The maximum atomic E-state index is 11.5. The third-order valence-electron chi connectivity index (χ3n) is 5.21. The Morgan fingerprint density at radius 3 is 1.38 bits per heavy atom. The van der Waals surface area contributed by atoms with Crippen molar-refractivity contribution in [3.05, 3.63) is 0 Å². The molecule has 0 aliphatic rings. The number of hydrogen-bond acceptors (Lipinski definition) is 2. The smallest absolute Gasteiger partial charge is 0.219 e. The zero-order valence-electron chi connectivity index (χ0n) is 17.8. The average Bonchev–Trinajstić information content (AvgIpc) is 2.64. The minimum Gasteiger partial charge on any atom is -0.356 e. The molecule has 0 saturated carbocycles.